The van der Waals surface area contributed by atoms with Crippen LogP contribution in [0.1, 0.15) is 12.8 Å². The van der Waals surface area contributed by atoms with E-state index in [1.165, 1.54) is 0 Å². The number of nitrogens with two attached hydrogens (primary N) is 1. The predicted molar refractivity (Wildman–Crippen MR) is 81.0 cm³/mol. The lowest BCUT2D eigenvalue weighted by molar-refractivity contribution is -0.126. The van der Waals surface area contributed by atoms with Gasteiger partial charge < -0.3 is 21.0 Å². The third-order valence-corrected chi connectivity index (χ3v) is 4.12. The van der Waals surface area contributed by atoms with Crippen molar-refractivity contribution in [3.8, 4) is 0 Å². The van der Waals surface area contributed by atoms with Crippen LogP contribution in [0.3, 0.4) is 0 Å². The van der Waals surface area contributed by atoms with E-state index < -0.39 is 11.3 Å². The first-order valence-corrected chi connectivity index (χ1v) is 7.07. The minimum Gasteiger partial charge on any atom is -0.409 e. The number of ether oxygens (including phenoxy) is 1. The van der Waals surface area contributed by atoms with Crippen LogP contribution in [0.25, 0.3) is 0 Å². The number of anilines is 1. The Balaban J connectivity index is 2.29. The molecule has 114 valence electrons. The van der Waals surface area contributed by atoms with Gasteiger partial charge in [0, 0.05) is 18.2 Å². The molecule has 0 radical (unpaired) electrons. The molecule has 1 aromatic rings. The minimum atomic E-state index is -1.11. The van der Waals surface area contributed by atoms with Gasteiger partial charge in [-0.3, -0.25) is 4.79 Å². The predicted octanol–water partition coefficient (Wildman–Crippen LogP) is 2.48. The summed E-state index contributed by atoms with van der Waals surface area (Å²) >= 11 is 11.9. The van der Waals surface area contributed by atoms with E-state index in [1.54, 1.807) is 18.2 Å². The van der Waals surface area contributed by atoms with Gasteiger partial charge in [-0.05, 0) is 31.0 Å². The molecule has 4 N–H and O–H groups in total. The minimum absolute atomic E-state index is 0.138. The van der Waals surface area contributed by atoms with E-state index in [0.717, 1.165) is 0 Å². The van der Waals surface area contributed by atoms with Gasteiger partial charge >= 0.3 is 0 Å². The number of amides is 1. The highest BCUT2D eigenvalue weighted by molar-refractivity contribution is 6.35. The number of nitrogens with zero attached hydrogens (tertiary/aromatic N) is 1. The number of benzene rings is 1. The largest absolute Gasteiger partial charge is 0.409 e. The molecule has 8 heteroatoms. The lowest BCUT2D eigenvalue weighted by atomic mass is 9.78. The number of rotatable bonds is 3. The summed E-state index contributed by atoms with van der Waals surface area (Å²) in [4.78, 5) is 12.6. The summed E-state index contributed by atoms with van der Waals surface area (Å²) < 4.78 is 5.24. The molecule has 1 heterocycles. The van der Waals surface area contributed by atoms with Crippen LogP contribution in [0, 0.1) is 5.41 Å². The van der Waals surface area contributed by atoms with Crippen LogP contribution >= 0.6 is 23.2 Å². The number of nitrogens with one attached hydrogen (secondary N) is 1. The van der Waals surface area contributed by atoms with E-state index in [1.807, 2.05) is 0 Å². The first-order valence-electron chi connectivity index (χ1n) is 6.32. The van der Waals surface area contributed by atoms with Crippen LogP contribution in [0.2, 0.25) is 10.0 Å². The zero-order valence-electron chi connectivity index (χ0n) is 11.1. The van der Waals surface area contributed by atoms with Crippen LogP contribution in [-0.4, -0.2) is 30.2 Å². The second-order valence-corrected chi connectivity index (χ2v) is 5.60. The number of oxime groups is 1. The highest BCUT2D eigenvalue weighted by Gasteiger charge is 2.44. The fourth-order valence-corrected chi connectivity index (χ4v) is 2.59. The average molecular weight is 332 g/mol. The lowest BCUT2D eigenvalue weighted by Crippen LogP contribution is -2.50. The molecule has 0 atom stereocenters. The third-order valence-electron chi connectivity index (χ3n) is 3.56. The molecule has 0 unspecified atom stereocenters. The van der Waals surface area contributed by atoms with Crippen molar-refractivity contribution >= 4 is 40.6 Å². The van der Waals surface area contributed by atoms with E-state index in [-0.39, 0.29) is 5.84 Å². The zero-order valence-corrected chi connectivity index (χ0v) is 12.6. The van der Waals surface area contributed by atoms with Crippen molar-refractivity contribution in [2.75, 3.05) is 18.5 Å². The van der Waals surface area contributed by atoms with Gasteiger partial charge in [-0.15, -0.1) is 0 Å². The van der Waals surface area contributed by atoms with Crippen LogP contribution < -0.4 is 11.1 Å². The van der Waals surface area contributed by atoms with Gasteiger partial charge in [0.05, 0.1) is 10.7 Å². The van der Waals surface area contributed by atoms with Crippen LogP contribution in [0.4, 0.5) is 5.69 Å². The van der Waals surface area contributed by atoms with Gasteiger partial charge in [0.1, 0.15) is 5.41 Å². The maximum atomic E-state index is 12.6. The number of hydrogen-bond acceptors (Lipinski definition) is 4. The van der Waals surface area contributed by atoms with Crippen molar-refractivity contribution in [1.29, 1.82) is 0 Å². The molecule has 0 spiro atoms. The highest BCUT2D eigenvalue weighted by Crippen LogP contribution is 2.34. The maximum absolute atomic E-state index is 12.6. The van der Waals surface area contributed by atoms with Crippen LogP contribution in [0.15, 0.2) is 23.4 Å². The summed E-state index contributed by atoms with van der Waals surface area (Å²) in [7, 11) is 0. The number of halogens is 2. The Labute approximate surface area is 131 Å². The van der Waals surface area contributed by atoms with Crippen LogP contribution in [0.5, 0.6) is 0 Å². The summed E-state index contributed by atoms with van der Waals surface area (Å²) in [5, 5.41) is 15.5. The second-order valence-electron chi connectivity index (χ2n) is 4.76. The molecule has 1 aromatic carbocycles. The lowest BCUT2D eigenvalue weighted by Gasteiger charge is -2.34. The highest BCUT2D eigenvalue weighted by atomic mass is 35.5. The molecule has 1 saturated heterocycles. The molecule has 1 fully saturated rings. The molecule has 0 aromatic heterocycles. The van der Waals surface area contributed by atoms with E-state index in [9.17, 15) is 4.79 Å². The molecule has 6 nitrogen and oxygen atoms in total. The van der Waals surface area contributed by atoms with Crippen LogP contribution in [-0.2, 0) is 9.53 Å². The first kappa shape index (κ1) is 15.9. The molecular weight excluding hydrogens is 317 g/mol. The van der Waals surface area contributed by atoms with Gasteiger partial charge in [-0.1, -0.05) is 28.4 Å². The Morgan fingerprint density at radius 2 is 2.05 bits per heavy atom. The Morgan fingerprint density at radius 3 is 2.67 bits per heavy atom. The maximum Gasteiger partial charge on any atom is 0.238 e. The number of hydrogen-bond donors (Lipinski definition) is 3. The fourth-order valence-electron chi connectivity index (χ4n) is 2.25. The van der Waals surface area contributed by atoms with Crippen molar-refractivity contribution in [2.24, 2.45) is 16.3 Å². The molecule has 0 saturated carbocycles. The SMILES string of the molecule is NC(=NO)C1(C(=O)Nc2cc(Cl)ccc2Cl)CCOCC1. The Kier molecular flexibility index (Phi) is 4.92. The molecule has 0 bridgehead atoms. The third kappa shape index (κ3) is 3.23. The van der Waals surface area contributed by atoms with Gasteiger partial charge in [-0.25, -0.2) is 0 Å². The molecular formula is C13H15Cl2N3O3. The standard InChI is InChI=1S/C13H15Cl2N3O3/c14-8-1-2-9(15)10(7-8)17-12(19)13(11(16)18-20)3-5-21-6-4-13/h1-2,7,20H,3-6H2,(H2,16,18)(H,17,19). The van der Waals surface area contributed by atoms with Gasteiger partial charge in [0.15, 0.2) is 5.84 Å². The summed E-state index contributed by atoms with van der Waals surface area (Å²) in [5.74, 6) is -0.535. The van der Waals surface area contributed by atoms with Crippen molar-refractivity contribution in [3.63, 3.8) is 0 Å². The summed E-state index contributed by atoms with van der Waals surface area (Å²) in [6.45, 7) is 0.708. The Hall–Kier alpha value is -1.50. The number of carbonyl (C=O) groups excluding carboxylic acids is 1. The van der Waals surface area contributed by atoms with Crippen molar-refractivity contribution in [2.45, 2.75) is 12.8 Å². The van der Waals surface area contributed by atoms with E-state index >= 15 is 0 Å². The monoisotopic (exact) mass is 331 g/mol. The Morgan fingerprint density at radius 1 is 1.38 bits per heavy atom. The molecule has 2 rings (SSSR count). The average Bonchev–Trinajstić information content (AvgIpc) is 2.50. The van der Waals surface area contributed by atoms with E-state index in [4.69, 9.17) is 38.9 Å². The first-order chi connectivity index (χ1) is 9.99. The molecule has 0 aliphatic carbocycles. The zero-order chi connectivity index (χ0) is 15.5. The molecule has 1 aliphatic rings. The number of amidine groups is 1. The molecule has 1 amide bonds. The van der Waals surface area contributed by atoms with Crippen molar-refractivity contribution in [1.82, 2.24) is 0 Å². The summed E-state index contributed by atoms with van der Waals surface area (Å²) in [5.41, 5.74) is 5.00. The van der Waals surface area contributed by atoms with E-state index in [2.05, 4.69) is 10.5 Å². The van der Waals surface area contributed by atoms with Gasteiger partial charge in [-0.2, -0.15) is 0 Å². The van der Waals surface area contributed by atoms with Gasteiger partial charge in [0.25, 0.3) is 0 Å². The smallest absolute Gasteiger partial charge is 0.238 e. The van der Waals surface area contributed by atoms with Crippen molar-refractivity contribution < 1.29 is 14.7 Å². The van der Waals surface area contributed by atoms with Crippen molar-refractivity contribution in [3.05, 3.63) is 28.2 Å². The molecule has 21 heavy (non-hydrogen) atoms. The van der Waals surface area contributed by atoms with Gasteiger partial charge in [0.2, 0.25) is 5.91 Å². The fraction of sp³-hybridized carbons (Fsp3) is 0.385. The second kappa shape index (κ2) is 6.51. The number of carbonyl (C=O) groups is 1. The Bertz CT molecular complexity index is 572. The molecule has 1 aliphatic heterocycles. The summed E-state index contributed by atoms with van der Waals surface area (Å²) in [6.07, 6.45) is 0.653. The van der Waals surface area contributed by atoms with E-state index in [0.29, 0.717) is 41.8 Å². The quantitative estimate of drug-likeness (QED) is 0.343. The topological polar surface area (TPSA) is 96.9 Å². The normalized spacial score (nSPS) is 18.3. The summed E-state index contributed by atoms with van der Waals surface area (Å²) in [6, 6.07) is 4.74.